The van der Waals surface area contributed by atoms with E-state index in [-0.39, 0.29) is 6.04 Å². The zero-order valence-corrected chi connectivity index (χ0v) is 16.1. The molecule has 0 radical (unpaired) electrons. The number of benzene rings is 1. The van der Waals surface area contributed by atoms with Gasteiger partial charge in [0.05, 0.1) is 6.04 Å². The molecule has 1 saturated heterocycles. The van der Waals surface area contributed by atoms with Crippen molar-refractivity contribution >= 4 is 12.0 Å². The molecule has 140 valence electrons. The topological polar surface area (TPSA) is 23.6 Å². The second kappa shape index (κ2) is 8.68. The molecule has 2 aliphatic heterocycles. The number of allylic oxidation sites excluding steroid dienone is 1. The summed E-state index contributed by atoms with van der Waals surface area (Å²) in [4.78, 5) is 16.2. The summed E-state index contributed by atoms with van der Waals surface area (Å²) in [7, 11) is 2.26. The van der Waals surface area contributed by atoms with Gasteiger partial charge in [-0.2, -0.15) is 0 Å². The molecular formula is C23H32N2O. The SMILES string of the molecule is C=CCCC(C=O)N1Cc2cc(CCC3CCCCN3C)ccc2C1=C. The first-order valence-electron chi connectivity index (χ1n) is 9.98. The van der Waals surface area contributed by atoms with E-state index in [1.807, 2.05) is 6.08 Å². The molecule has 0 amide bonds. The van der Waals surface area contributed by atoms with E-state index in [1.165, 1.54) is 48.9 Å². The van der Waals surface area contributed by atoms with E-state index in [4.69, 9.17) is 0 Å². The van der Waals surface area contributed by atoms with Crippen molar-refractivity contribution in [1.29, 1.82) is 0 Å². The van der Waals surface area contributed by atoms with Crippen LogP contribution in [0.1, 0.15) is 55.2 Å². The van der Waals surface area contributed by atoms with Crippen molar-refractivity contribution < 1.29 is 4.79 Å². The van der Waals surface area contributed by atoms with Gasteiger partial charge in [0, 0.05) is 23.8 Å². The lowest BCUT2D eigenvalue weighted by Crippen LogP contribution is -2.36. The summed E-state index contributed by atoms with van der Waals surface area (Å²) in [6.45, 7) is 10.1. The number of rotatable bonds is 8. The van der Waals surface area contributed by atoms with Gasteiger partial charge in [0.2, 0.25) is 0 Å². The fourth-order valence-electron chi connectivity index (χ4n) is 4.39. The summed E-state index contributed by atoms with van der Waals surface area (Å²) >= 11 is 0. The lowest BCUT2D eigenvalue weighted by Gasteiger charge is -2.32. The Labute approximate surface area is 158 Å². The number of hydrogen-bond donors (Lipinski definition) is 0. The average molecular weight is 353 g/mol. The van der Waals surface area contributed by atoms with Crippen LogP contribution in [0.15, 0.2) is 37.4 Å². The average Bonchev–Trinajstić information content (AvgIpc) is 2.98. The molecule has 1 aromatic rings. The summed E-state index contributed by atoms with van der Waals surface area (Å²) in [5, 5.41) is 0. The third-order valence-electron chi connectivity index (χ3n) is 6.08. The highest BCUT2D eigenvalue weighted by molar-refractivity contribution is 5.73. The first kappa shape index (κ1) is 18.9. The molecule has 3 nitrogen and oxygen atoms in total. The van der Waals surface area contributed by atoms with Crippen LogP contribution in [0, 0.1) is 0 Å². The predicted octanol–water partition coefficient (Wildman–Crippen LogP) is 4.42. The van der Waals surface area contributed by atoms with Crippen LogP contribution in [0.4, 0.5) is 0 Å². The molecule has 2 unspecified atom stereocenters. The van der Waals surface area contributed by atoms with Gasteiger partial charge in [0.1, 0.15) is 6.29 Å². The Bertz CT molecular complexity index is 666. The molecule has 2 atom stereocenters. The number of aryl methyl sites for hydroxylation is 1. The molecule has 0 bridgehead atoms. The fraction of sp³-hybridized carbons (Fsp3) is 0.522. The lowest BCUT2D eigenvalue weighted by molar-refractivity contribution is -0.111. The maximum atomic E-state index is 11.5. The number of piperidine rings is 1. The molecule has 26 heavy (non-hydrogen) atoms. The third-order valence-corrected chi connectivity index (χ3v) is 6.08. The predicted molar refractivity (Wildman–Crippen MR) is 109 cm³/mol. The second-order valence-corrected chi connectivity index (χ2v) is 7.80. The lowest BCUT2D eigenvalue weighted by atomic mass is 9.95. The summed E-state index contributed by atoms with van der Waals surface area (Å²) in [6.07, 6.45) is 11.0. The molecule has 0 saturated carbocycles. The van der Waals surface area contributed by atoms with Crippen molar-refractivity contribution in [2.75, 3.05) is 13.6 Å². The molecule has 0 aliphatic carbocycles. The molecule has 2 heterocycles. The van der Waals surface area contributed by atoms with Gasteiger partial charge >= 0.3 is 0 Å². The van der Waals surface area contributed by atoms with Gasteiger partial charge in [0.25, 0.3) is 0 Å². The van der Waals surface area contributed by atoms with Gasteiger partial charge in [-0.15, -0.1) is 6.58 Å². The van der Waals surface area contributed by atoms with Crippen LogP contribution in [-0.4, -0.2) is 41.8 Å². The molecule has 2 aliphatic rings. The first-order valence-corrected chi connectivity index (χ1v) is 9.98. The summed E-state index contributed by atoms with van der Waals surface area (Å²) in [5.74, 6) is 0. The Hall–Kier alpha value is -1.87. The van der Waals surface area contributed by atoms with Crippen molar-refractivity contribution in [2.45, 2.75) is 63.6 Å². The van der Waals surface area contributed by atoms with Crippen LogP contribution in [0.25, 0.3) is 5.70 Å². The fourth-order valence-corrected chi connectivity index (χ4v) is 4.39. The number of carbonyl (C=O) groups excluding carboxylic acids is 1. The van der Waals surface area contributed by atoms with Crippen molar-refractivity contribution in [3.05, 3.63) is 54.1 Å². The molecule has 3 rings (SSSR count). The minimum atomic E-state index is -0.104. The van der Waals surface area contributed by atoms with Gasteiger partial charge < -0.3 is 14.6 Å². The number of hydrogen-bond acceptors (Lipinski definition) is 3. The minimum absolute atomic E-state index is 0.104. The normalized spacial score (nSPS) is 21.5. The largest absolute Gasteiger partial charge is 0.357 e. The molecule has 0 spiro atoms. The zero-order valence-electron chi connectivity index (χ0n) is 16.1. The van der Waals surface area contributed by atoms with Gasteiger partial charge in [-0.25, -0.2) is 0 Å². The van der Waals surface area contributed by atoms with Crippen LogP contribution < -0.4 is 0 Å². The van der Waals surface area contributed by atoms with Gasteiger partial charge in [0.15, 0.2) is 0 Å². The van der Waals surface area contributed by atoms with Crippen LogP contribution >= 0.6 is 0 Å². The molecule has 3 heteroatoms. The summed E-state index contributed by atoms with van der Waals surface area (Å²) < 4.78 is 0. The maximum Gasteiger partial charge on any atom is 0.142 e. The number of nitrogens with zero attached hydrogens (tertiary/aromatic N) is 2. The maximum absolute atomic E-state index is 11.5. The van der Waals surface area contributed by atoms with Crippen molar-refractivity contribution in [1.82, 2.24) is 9.80 Å². The smallest absolute Gasteiger partial charge is 0.142 e. The highest BCUT2D eigenvalue weighted by Crippen LogP contribution is 2.34. The van der Waals surface area contributed by atoms with E-state index in [0.29, 0.717) is 0 Å². The quantitative estimate of drug-likeness (QED) is 0.511. The summed E-state index contributed by atoms with van der Waals surface area (Å²) in [6, 6.07) is 7.40. The first-order chi connectivity index (χ1) is 12.6. The standard InChI is InChI=1S/C23H32N2O/c1-4-5-8-22(17-26)25-16-20-15-19(11-13-23(20)18(25)2)10-12-21-9-6-7-14-24(21)3/h4,11,13,15,17,21-22H,1-2,5-10,12,14,16H2,3H3. The molecule has 0 N–H and O–H groups in total. The van der Waals surface area contributed by atoms with E-state index in [9.17, 15) is 4.79 Å². The van der Waals surface area contributed by atoms with E-state index >= 15 is 0 Å². The van der Waals surface area contributed by atoms with Gasteiger partial charge in [-0.3, -0.25) is 0 Å². The molecule has 1 aromatic carbocycles. The monoisotopic (exact) mass is 352 g/mol. The molecule has 0 aromatic heterocycles. The minimum Gasteiger partial charge on any atom is -0.357 e. The third kappa shape index (κ3) is 4.09. The summed E-state index contributed by atoms with van der Waals surface area (Å²) in [5.41, 5.74) is 4.91. The van der Waals surface area contributed by atoms with E-state index < -0.39 is 0 Å². The van der Waals surface area contributed by atoms with E-state index in [1.54, 1.807) is 0 Å². The Morgan fingerprint density at radius 2 is 2.19 bits per heavy atom. The second-order valence-electron chi connectivity index (χ2n) is 7.80. The Morgan fingerprint density at radius 3 is 2.92 bits per heavy atom. The van der Waals surface area contributed by atoms with Gasteiger partial charge in [-0.05, 0) is 63.2 Å². The van der Waals surface area contributed by atoms with E-state index in [0.717, 1.165) is 43.8 Å². The number of carbonyl (C=O) groups is 1. The van der Waals surface area contributed by atoms with Crippen LogP contribution in [-0.2, 0) is 17.8 Å². The Morgan fingerprint density at radius 1 is 1.35 bits per heavy atom. The zero-order chi connectivity index (χ0) is 18.5. The van der Waals surface area contributed by atoms with Crippen molar-refractivity contribution in [3.63, 3.8) is 0 Å². The number of fused-ring (bicyclic) bond motifs is 1. The van der Waals surface area contributed by atoms with Gasteiger partial charge in [-0.1, -0.05) is 37.3 Å². The molecular weight excluding hydrogens is 320 g/mol. The Balaban J connectivity index is 1.65. The number of likely N-dealkylation sites (tertiary alicyclic amines) is 1. The van der Waals surface area contributed by atoms with Crippen molar-refractivity contribution in [2.24, 2.45) is 0 Å². The number of aldehydes is 1. The Kier molecular flexibility index (Phi) is 6.31. The highest BCUT2D eigenvalue weighted by Gasteiger charge is 2.28. The van der Waals surface area contributed by atoms with Crippen LogP contribution in [0.5, 0.6) is 0 Å². The van der Waals surface area contributed by atoms with E-state index in [2.05, 4.69) is 48.2 Å². The van der Waals surface area contributed by atoms with Crippen LogP contribution in [0.3, 0.4) is 0 Å². The van der Waals surface area contributed by atoms with Crippen LogP contribution in [0.2, 0.25) is 0 Å². The highest BCUT2D eigenvalue weighted by atomic mass is 16.1. The van der Waals surface area contributed by atoms with Crippen molar-refractivity contribution in [3.8, 4) is 0 Å². The molecule has 1 fully saturated rings.